The fraction of sp³-hybridized carbons (Fsp3) is 0.474. The summed E-state index contributed by atoms with van der Waals surface area (Å²) >= 11 is 1.57. The molecule has 1 aliphatic heterocycles. The molecule has 1 saturated heterocycles. The number of anilines is 1. The largest absolute Gasteiger partial charge is 0.391 e. The van der Waals surface area contributed by atoms with Crippen LogP contribution in [-0.4, -0.2) is 60.5 Å². The smallest absolute Gasteiger partial charge is 0.228 e. The third kappa shape index (κ3) is 3.35. The van der Waals surface area contributed by atoms with Gasteiger partial charge >= 0.3 is 0 Å². The van der Waals surface area contributed by atoms with Crippen LogP contribution in [0.3, 0.4) is 0 Å². The maximum absolute atomic E-state index is 12.8. The number of likely N-dealkylation sites (tertiary alicyclic amines) is 1. The Morgan fingerprint density at radius 2 is 2.14 bits per heavy atom. The maximum Gasteiger partial charge on any atom is 0.228 e. The second kappa shape index (κ2) is 7.14. The zero-order valence-electron chi connectivity index (χ0n) is 15.3. The Balaban J connectivity index is 1.22. The van der Waals surface area contributed by atoms with Crippen molar-refractivity contribution in [1.29, 1.82) is 0 Å². The summed E-state index contributed by atoms with van der Waals surface area (Å²) in [6, 6.07) is -0.0621. The number of imidazole rings is 1. The molecular formula is C19H22N6O2S. The predicted molar refractivity (Wildman–Crippen MR) is 105 cm³/mol. The molecule has 2 aliphatic rings. The molecule has 4 atom stereocenters. The van der Waals surface area contributed by atoms with Crippen LogP contribution in [0.1, 0.15) is 18.5 Å². The summed E-state index contributed by atoms with van der Waals surface area (Å²) in [4.78, 5) is 28.5. The number of hydrogen-bond acceptors (Lipinski definition) is 7. The van der Waals surface area contributed by atoms with Gasteiger partial charge in [-0.1, -0.05) is 0 Å². The van der Waals surface area contributed by atoms with Crippen LogP contribution in [-0.2, 0) is 11.2 Å². The highest BCUT2D eigenvalue weighted by atomic mass is 32.1. The van der Waals surface area contributed by atoms with E-state index < -0.39 is 6.10 Å². The third-order valence-corrected chi connectivity index (χ3v) is 6.64. The fourth-order valence-electron chi connectivity index (χ4n) is 4.48. The van der Waals surface area contributed by atoms with E-state index in [2.05, 4.69) is 20.3 Å². The summed E-state index contributed by atoms with van der Waals surface area (Å²) in [5.41, 5.74) is 0.814. The monoisotopic (exact) mass is 398 g/mol. The second-order valence-electron chi connectivity index (χ2n) is 7.70. The molecule has 9 heteroatoms. The third-order valence-electron chi connectivity index (χ3n) is 5.87. The van der Waals surface area contributed by atoms with Gasteiger partial charge in [0, 0.05) is 43.3 Å². The number of nitrogens with zero attached hydrogens (tertiary/aromatic N) is 5. The molecule has 0 bridgehead atoms. The molecule has 0 unspecified atom stereocenters. The average molecular weight is 398 g/mol. The van der Waals surface area contributed by atoms with Gasteiger partial charge in [-0.3, -0.25) is 14.2 Å². The topological polar surface area (TPSA) is 95.7 Å². The Bertz CT molecular complexity index is 945. The van der Waals surface area contributed by atoms with Crippen LogP contribution in [0.15, 0.2) is 36.4 Å². The van der Waals surface area contributed by atoms with Crippen molar-refractivity contribution in [2.75, 3.05) is 18.4 Å². The molecule has 28 heavy (non-hydrogen) atoms. The zero-order chi connectivity index (χ0) is 19.1. The van der Waals surface area contributed by atoms with E-state index in [9.17, 15) is 9.90 Å². The first kappa shape index (κ1) is 17.6. The molecule has 0 aromatic carbocycles. The molecule has 2 fully saturated rings. The number of fused-ring (bicyclic) bond motifs is 2. The normalized spacial score (nSPS) is 27.1. The number of amides is 1. The van der Waals surface area contributed by atoms with E-state index in [0.717, 1.165) is 30.2 Å². The molecule has 1 saturated carbocycles. The van der Waals surface area contributed by atoms with Crippen LogP contribution < -0.4 is 5.32 Å². The summed E-state index contributed by atoms with van der Waals surface area (Å²) in [6.07, 6.45) is 10.2. The molecule has 8 nitrogen and oxygen atoms in total. The van der Waals surface area contributed by atoms with Crippen molar-refractivity contribution in [2.24, 2.45) is 11.8 Å². The first-order valence-corrected chi connectivity index (χ1v) is 10.4. The number of thiazole rings is 1. The van der Waals surface area contributed by atoms with Gasteiger partial charge < -0.3 is 15.3 Å². The summed E-state index contributed by atoms with van der Waals surface area (Å²) in [6.45, 7) is 1.47. The number of carbonyl (C=O) groups excluding carboxylic acids is 1. The molecule has 1 aliphatic carbocycles. The molecule has 146 valence electrons. The molecule has 3 aromatic rings. The Morgan fingerprint density at radius 3 is 2.93 bits per heavy atom. The van der Waals surface area contributed by atoms with Crippen LogP contribution in [0.5, 0.6) is 0 Å². The van der Waals surface area contributed by atoms with Crippen LogP contribution in [0, 0.1) is 11.8 Å². The van der Waals surface area contributed by atoms with Crippen molar-refractivity contribution >= 4 is 28.0 Å². The van der Waals surface area contributed by atoms with Gasteiger partial charge in [0.2, 0.25) is 5.91 Å². The number of nitrogens with one attached hydrogen (secondary N) is 1. The zero-order valence-corrected chi connectivity index (χ0v) is 16.1. The number of carbonyl (C=O) groups is 1. The van der Waals surface area contributed by atoms with Crippen LogP contribution in [0.25, 0.3) is 4.96 Å². The molecule has 4 heterocycles. The predicted octanol–water partition coefficient (Wildman–Crippen LogP) is 1.44. The second-order valence-corrected chi connectivity index (χ2v) is 8.57. The van der Waals surface area contributed by atoms with Crippen LogP contribution in [0.2, 0.25) is 0 Å². The van der Waals surface area contributed by atoms with Gasteiger partial charge in [0.15, 0.2) is 4.96 Å². The number of aromatic nitrogens is 4. The van der Waals surface area contributed by atoms with Gasteiger partial charge in [0.25, 0.3) is 0 Å². The van der Waals surface area contributed by atoms with Crippen molar-refractivity contribution in [3.63, 3.8) is 0 Å². The summed E-state index contributed by atoms with van der Waals surface area (Å²) in [5, 5.41) is 15.9. The van der Waals surface area contributed by atoms with Gasteiger partial charge in [-0.05, 0) is 24.7 Å². The van der Waals surface area contributed by atoms with E-state index in [-0.39, 0.29) is 11.9 Å². The van der Waals surface area contributed by atoms with Gasteiger partial charge in [-0.2, -0.15) is 0 Å². The Kier molecular flexibility index (Phi) is 4.48. The summed E-state index contributed by atoms with van der Waals surface area (Å²) < 4.78 is 1.95. The van der Waals surface area contributed by atoms with Gasteiger partial charge in [0.1, 0.15) is 5.82 Å². The highest BCUT2D eigenvalue weighted by Crippen LogP contribution is 2.37. The highest BCUT2D eigenvalue weighted by Gasteiger charge is 2.43. The van der Waals surface area contributed by atoms with E-state index in [1.165, 1.54) is 0 Å². The lowest BCUT2D eigenvalue weighted by Gasteiger charge is -2.35. The molecule has 3 aromatic heterocycles. The van der Waals surface area contributed by atoms with Crippen molar-refractivity contribution < 1.29 is 9.90 Å². The SMILES string of the molecule is O=C(Cc1cn2ccsc2n1)N1C[C@H]2C[C@@H](Nc3cnccn3)[C@H](O)C[C@H]2C1. The van der Waals surface area contributed by atoms with E-state index >= 15 is 0 Å². The average Bonchev–Trinajstić information content (AvgIpc) is 3.37. The number of hydrogen-bond donors (Lipinski definition) is 2. The highest BCUT2D eigenvalue weighted by molar-refractivity contribution is 7.15. The lowest BCUT2D eigenvalue weighted by molar-refractivity contribution is -0.129. The fourth-order valence-corrected chi connectivity index (χ4v) is 5.20. The van der Waals surface area contributed by atoms with Crippen molar-refractivity contribution in [2.45, 2.75) is 31.4 Å². The van der Waals surface area contributed by atoms with Crippen molar-refractivity contribution in [3.8, 4) is 0 Å². The molecular weight excluding hydrogens is 376 g/mol. The van der Waals surface area contributed by atoms with Crippen LogP contribution >= 0.6 is 11.3 Å². The lowest BCUT2D eigenvalue weighted by atomic mass is 9.77. The van der Waals surface area contributed by atoms with E-state index in [1.807, 2.05) is 27.1 Å². The first-order valence-electron chi connectivity index (χ1n) is 9.55. The van der Waals surface area contributed by atoms with Crippen molar-refractivity contribution in [3.05, 3.63) is 42.1 Å². The number of rotatable bonds is 4. The lowest BCUT2D eigenvalue weighted by Crippen LogP contribution is -2.43. The molecule has 5 rings (SSSR count). The van der Waals surface area contributed by atoms with E-state index in [1.54, 1.807) is 29.9 Å². The van der Waals surface area contributed by atoms with E-state index in [4.69, 9.17) is 0 Å². The molecule has 0 spiro atoms. The summed E-state index contributed by atoms with van der Waals surface area (Å²) in [5.74, 6) is 1.54. The Morgan fingerprint density at radius 1 is 1.29 bits per heavy atom. The van der Waals surface area contributed by atoms with Gasteiger partial charge in [-0.15, -0.1) is 11.3 Å². The maximum atomic E-state index is 12.8. The van der Waals surface area contributed by atoms with Crippen molar-refractivity contribution in [1.82, 2.24) is 24.3 Å². The minimum Gasteiger partial charge on any atom is -0.391 e. The van der Waals surface area contributed by atoms with Crippen LogP contribution in [0.4, 0.5) is 5.82 Å². The number of aliphatic hydroxyl groups excluding tert-OH is 1. The minimum absolute atomic E-state index is 0.0621. The Labute approximate surface area is 166 Å². The molecule has 2 N–H and O–H groups in total. The Hall–Kier alpha value is -2.52. The van der Waals surface area contributed by atoms with Gasteiger partial charge in [-0.25, -0.2) is 9.97 Å². The molecule has 0 radical (unpaired) electrons. The minimum atomic E-state index is -0.446. The molecule has 1 amide bonds. The standard InChI is InChI=1S/C19H22N6O2S/c26-16-6-13-10-25(18(27)7-14-11-24-3-4-28-19(24)22-14)9-12(13)5-15(16)23-17-8-20-1-2-21-17/h1-4,8,11-13,15-16,26H,5-7,9-10H2,(H,21,23)/t12-,13+,15-,16-/m1/s1. The summed E-state index contributed by atoms with van der Waals surface area (Å²) in [7, 11) is 0. The quantitative estimate of drug-likeness (QED) is 0.690. The van der Waals surface area contributed by atoms with Gasteiger partial charge in [0.05, 0.1) is 30.5 Å². The first-order chi connectivity index (χ1) is 13.7. The number of aliphatic hydroxyl groups is 1. The van der Waals surface area contributed by atoms with E-state index in [0.29, 0.717) is 30.5 Å².